The highest BCUT2D eigenvalue weighted by molar-refractivity contribution is 5.04. The lowest BCUT2D eigenvalue weighted by Crippen LogP contribution is -2.35. The summed E-state index contributed by atoms with van der Waals surface area (Å²) < 4.78 is 5.32. The van der Waals surface area contributed by atoms with Gasteiger partial charge in [0.1, 0.15) is 6.10 Å². The van der Waals surface area contributed by atoms with E-state index in [9.17, 15) is 5.11 Å². The summed E-state index contributed by atoms with van der Waals surface area (Å²) in [6.07, 6.45) is 5.27. The molecule has 6 nitrogen and oxygen atoms in total. The second-order valence-electron chi connectivity index (χ2n) is 4.69. The van der Waals surface area contributed by atoms with Crippen molar-refractivity contribution in [2.45, 2.75) is 44.8 Å². The zero-order chi connectivity index (χ0) is 14.8. The number of rotatable bonds is 10. The molecule has 0 radical (unpaired) electrons. The average molecular weight is 284 g/mol. The van der Waals surface area contributed by atoms with Gasteiger partial charge in [-0.05, 0) is 12.8 Å². The molecule has 0 aromatic carbocycles. The molecule has 114 valence electrons. The van der Waals surface area contributed by atoms with E-state index < -0.39 is 18.8 Å². The summed E-state index contributed by atoms with van der Waals surface area (Å²) in [5, 5.41) is 27.4. The van der Waals surface area contributed by atoms with Crippen LogP contribution in [0.5, 0.6) is 0 Å². The Labute approximate surface area is 119 Å². The summed E-state index contributed by atoms with van der Waals surface area (Å²) >= 11 is 0. The van der Waals surface area contributed by atoms with Gasteiger partial charge >= 0.3 is 0 Å². The normalized spacial score (nSPS) is 14.2. The molecule has 0 amide bonds. The van der Waals surface area contributed by atoms with E-state index in [1.165, 1.54) is 0 Å². The molecule has 0 aliphatic heterocycles. The van der Waals surface area contributed by atoms with Crippen LogP contribution in [0.2, 0.25) is 0 Å². The van der Waals surface area contributed by atoms with Crippen LogP contribution in [0.4, 0.5) is 0 Å². The van der Waals surface area contributed by atoms with Crippen molar-refractivity contribution in [2.75, 3.05) is 19.8 Å². The quantitative estimate of drug-likeness (QED) is 0.563. The first kappa shape index (κ1) is 17.0. The van der Waals surface area contributed by atoms with Gasteiger partial charge in [-0.3, -0.25) is 9.97 Å². The maximum Gasteiger partial charge on any atom is 0.104 e. The molecule has 20 heavy (non-hydrogen) atoms. The molecule has 0 saturated carbocycles. The number of ether oxygens (including phenoxy) is 1. The number of unbranched alkanes of at least 4 members (excludes halogenated alkanes) is 1. The summed E-state index contributed by atoms with van der Waals surface area (Å²) in [5.74, 6) is 0. The Morgan fingerprint density at radius 2 is 1.90 bits per heavy atom. The van der Waals surface area contributed by atoms with Gasteiger partial charge in [-0.2, -0.15) is 0 Å². The summed E-state index contributed by atoms with van der Waals surface area (Å²) in [6, 6.07) is 0. The smallest absolute Gasteiger partial charge is 0.104 e. The molecule has 1 aromatic rings. The first-order valence-electron chi connectivity index (χ1n) is 7.02. The van der Waals surface area contributed by atoms with Crippen LogP contribution in [0.1, 0.15) is 31.2 Å². The molecule has 0 saturated heterocycles. The van der Waals surface area contributed by atoms with Gasteiger partial charge in [-0.15, -0.1) is 0 Å². The van der Waals surface area contributed by atoms with Crippen molar-refractivity contribution in [3.63, 3.8) is 0 Å². The number of nitrogens with zero attached hydrogens (tertiary/aromatic N) is 2. The zero-order valence-corrected chi connectivity index (χ0v) is 11.9. The molecule has 1 aromatic heterocycles. The maximum absolute atomic E-state index is 9.67. The third-order valence-corrected chi connectivity index (χ3v) is 3.00. The van der Waals surface area contributed by atoms with Crippen LogP contribution in [0.3, 0.4) is 0 Å². The first-order valence-corrected chi connectivity index (χ1v) is 7.02. The van der Waals surface area contributed by atoms with Gasteiger partial charge in [0.05, 0.1) is 37.3 Å². The van der Waals surface area contributed by atoms with Crippen molar-refractivity contribution in [3.05, 3.63) is 23.8 Å². The fourth-order valence-corrected chi connectivity index (χ4v) is 1.81. The lowest BCUT2D eigenvalue weighted by Gasteiger charge is -2.21. The number of aromatic nitrogens is 2. The topological polar surface area (TPSA) is 95.7 Å². The minimum atomic E-state index is -0.997. The highest BCUT2D eigenvalue weighted by Gasteiger charge is 2.20. The number of hydrogen-bond acceptors (Lipinski definition) is 6. The summed E-state index contributed by atoms with van der Waals surface area (Å²) in [6.45, 7) is 1.72. The van der Waals surface area contributed by atoms with Crippen LogP contribution in [0, 0.1) is 0 Å². The van der Waals surface area contributed by atoms with E-state index in [2.05, 4.69) is 16.9 Å². The van der Waals surface area contributed by atoms with Gasteiger partial charge < -0.3 is 20.1 Å². The van der Waals surface area contributed by atoms with E-state index in [1.807, 2.05) is 0 Å². The highest BCUT2D eigenvalue weighted by atomic mass is 16.5. The molecule has 0 bridgehead atoms. The van der Waals surface area contributed by atoms with Gasteiger partial charge in [-0.1, -0.05) is 13.3 Å². The Bertz CT molecular complexity index is 359. The Kier molecular flexibility index (Phi) is 8.29. The van der Waals surface area contributed by atoms with E-state index in [1.54, 1.807) is 12.4 Å². The third-order valence-electron chi connectivity index (χ3n) is 3.00. The van der Waals surface area contributed by atoms with Crippen LogP contribution in [0.15, 0.2) is 12.4 Å². The summed E-state index contributed by atoms with van der Waals surface area (Å²) in [5.41, 5.74) is 1.65. The summed E-state index contributed by atoms with van der Waals surface area (Å²) in [4.78, 5) is 8.62. The predicted octanol–water partition coefficient (Wildman–Crippen LogP) is 0.0924. The van der Waals surface area contributed by atoms with Crippen LogP contribution < -0.4 is 0 Å². The van der Waals surface area contributed by atoms with Crippen molar-refractivity contribution in [1.82, 2.24) is 9.97 Å². The van der Waals surface area contributed by atoms with Crippen LogP contribution in [-0.4, -0.2) is 57.3 Å². The molecule has 1 heterocycles. The van der Waals surface area contributed by atoms with E-state index in [0.717, 1.165) is 25.0 Å². The minimum absolute atomic E-state index is 0.115. The molecule has 0 aliphatic carbocycles. The lowest BCUT2D eigenvalue weighted by atomic mass is 10.1. The molecule has 2 atom stereocenters. The van der Waals surface area contributed by atoms with Crippen LogP contribution >= 0.6 is 0 Å². The molecule has 1 rings (SSSR count). The van der Waals surface area contributed by atoms with E-state index in [-0.39, 0.29) is 13.2 Å². The van der Waals surface area contributed by atoms with Crippen molar-refractivity contribution < 1.29 is 20.1 Å². The molecule has 0 aliphatic rings. The van der Waals surface area contributed by atoms with Crippen molar-refractivity contribution in [1.29, 1.82) is 0 Å². The number of aliphatic hydroxyl groups is 3. The van der Waals surface area contributed by atoms with Gasteiger partial charge in [0.25, 0.3) is 0 Å². The largest absolute Gasteiger partial charge is 0.394 e. The van der Waals surface area contributed by atoms with E-state index >= 15 is 0 Å². The molecule has 3 N–H and O–H groups in total. The maximum atomic E-state index is 9.67. The SMILES string of the molecule is CCCCc1cnc(C[C@H](OCCO)[C@H](O)CO)cn1. The van der Waals surface area contributed by atoms with Gasteiger partial charge in [0.15, 0.2) is 0 Å². The Morgan fingerprint density at radius 3 is 2.45 bits per heavy atom. The molecular weight excluding hydrogens is 260 g/mol. The highest BCUT2D eigenvalue weighted by Crippen LogP contribution is 2.08. The lowest BCUT2D eigenvalue weighted by molar-refractivity contribution is -0.0651. The van der Waals surface area contributed by atoms with Gasteiger partial charge in [-0.25, -0.2) is 0 Å². The molecule has 0 fully saturated rings. The van der Waals surface area contributed by atoms with Crippen molar-refractivity contribution in [3.8, 4) is 0 Å². The number of aryl methyl sites for hydroxylation is 1. The zero-order valence-electron chi connectivity index (χ0n) is 11.9. The molecular formula is C14H24N2O4. The Hall–Kier alpha value is -1.08. The monoisotopic (exact) mass is 284 g/mol. The molecule has 6 heteroatoms. The molecule has 0 spiro atoms. The van der Waals surface area contributed by atoms with E-state index in [0.29, 0.717) is 12.1 Å². The average Bonchev–Trinajstić information content (AvgIpc) is 2.49. The van der Waals surface area contributed by atoms with Crippen LogP contribution in [-0.2, 0) is 17.6 Å². The predicted molar refractivity (Wildman–Crippen MR) is 74.3 cm³/mol. The second kappa shape index (κ2) is 9.77. The van der Waals surface area contributed by atoms with Crippen molar-refractivity contribution in [2.24, 2.45) is 0 Å². The fourth-order valence-electron chi connectivity index (χ4n) is 1.81. The van der Waals surface area contributed by atoms with Crippen LogP contribution in [0.25, 0.3) is 0 Å². The Morgan fingerprint density at radius 1 is 1.20 bits per heavy atom. The second-order valence-corrected chi connectivity index (χ2v) is 4.69. The van der Waals surface area contributed by atoms with Gasteiger partial charge in [0, 0.05) is 18.8 Å². The molecule has 0 unspecified atom stereocenters. The minimum Gasteiger partial charge on any atom is -0.394 e. The van der Waals surface area contributed by atoms with E-state index in [4.69, 9.17) is 14.9 Å². The van der Waals surface area contributed by atoms with Crippen molar-refractivity contribution >= 4 is 0 Å². The summed E-state index contributed by atoms with van der Waals surface area (Å²) in [7, 11) is 0. The number of aliphatic hydroxyl groups excluding tert-OH is 3. The Balaban J connectivity index is 2.58. The standard InChI is InChI=1S/C14H24N2O4/c1-2-3-4-11-8-16-12(9-15-11)7-14(13(19)10-18)20-6-5-17/h8-9,13-14,17-19H,2-7,10H2,1H3/t13-,14+/m1/s1. The fraction of sp³-hybridized carbons (Fsp3) is 0.714. The van der Waals surface area contributed by atoms with Gasteiger partial charge in [0.2, 0.25) is 0 Å². The third kappa shape index (κ3) is 5.92. The first-order chi connectivity index (χ1) is 9.71. The number of hydrogen-bond donors (Lipinski definition) is 3.